The number of aromatic nitrogens is 3. The summed E-state index contributed by atoms with van der Waals surface area (Å²) in [6.07, 6.45) is 8.66. The quantitative estimate of drug-likeness (QED) is 0.344. The Kier molecular flexibility index (Phi) is 5.51. The second-order valence-corrected chi connectivity index (χ2v) is 8.65. The monoisotopic (exact) mass is 472 g/mol. The number of fused-ring (bicyclic) bond motifs is 1. The van der Waals surface area contributed by atoms with Gasteiger partial charge in [-0.15, -0.1) is 6.42 Å². The third-order valence-electron chi connectivity index (χ3n) is 6.57. The van der Waals surface area contributed by atoms with Crippen LogP contribution in [-0.4, -0.2) is 14.1 Å². The van der Waals surface area contributed by atoms with Crippen LogP contribution in [0.25, 0.3) is 22.0 Å². The molecule has 0 spiro atoms. The summed E-state index contributed by atoms with van der Waals surface area (Å²) in [5.41, 5.74) is 2.06. The zero-order valence-corrected chi connectivity index (χ0v) is 19.7. The zero-order chi connectivity index (χ0) is 25.4. The van der Waals surface area contributed by atoms with Crippen molar-refractivity contribution < 1.29 is 4.39 Å². The van der Waals surface area contributed by atoms with Crippen LogP contribution in [0.3, 0.4) is 0 Å². The maximum Gasteiger partial charge on any atom is 0.251 e. The normalized spacial score (nSPS) is 12.6. The Hall–Kier alpha value is -4.94. The van der Waals surface area contributed by atoms with E-state index in [1.54, 1.807) is 78.1 Å². The molecule has 0 aliphatic carbocycles. The Labute approximate surface area is 207 Å². The molecule has 0 radical (unpaired) electrons. The van der Waals surface area contributed by atoms with E-state index in [-0.39, 0.29) is 5.56 Å². The summed E-state index contributed by atoms with van der Waals surface area (Å²) >= 11 is 0. The Morgan fingerprint density at radius 2 is 1.72 bits per heavy atom. The number of terminal acetylenes is 1. The Morgan fingerprint density at radius 3 is 2.39 bits per heavy atom. The van der Waals surface area contributed by atoms with E-state index in [4.69, 9.17) is 6.42 Å². The molecule has 6 heteroatoms. The molecule has 1 atom stereocenters. The summed E-state index contributed by atoms with van der Waals surface area (Å²) < 4.78 is 20.6. The van der Waals surface area contributed by atoms with E-state index in [9.17, 15) is 10.1 Å². The Balaban J connectivity index is 1.83. The lowest BCUT2D eigenvalue weighted by atomic mass is 9.83. The van der Waals surface area contributed by atoms with Crippen LogP contribution in [0.15, 0.2) is 90.1 Å². The van der Waals surface area contributed by atoms with Gasteiger partial charge in [-0.25, -0.2) is 9.37 Å². The first kappa shape index (κ1) is 22.8. The van der Waals surface area contributed by atoms with Crippen molar-refractivity contribution in [3.05, 3.63) is 124 Å². The largest absolute Gasteiger partial charge is 0.334 e. The van der Waals surface area contributed by atoms with E-state index in [1.165, 1.54) is 6.20 Å². The first-order chi connectivity index (χ1) is 17.4. The molecule has 3 aromatic carbocycles. The average molecular weight is 473 g/mol. The van der Waals surface area contributed by atoms with Crippen LogP contribution in [0.4, 0.5) is 4.39 Å². The predicted molar refractivity (Wildman–Crippen MR) is 138 cm³/mol. The summed E-state index contributed by atoms with van der Waals surface area (Å²) in [5.74, 6) is 2.63. The lowest BCUT2D eigenvalue weighted by molar-refractivity contribution is 0.267. The molecule has 5 nitrogen and oxygen atoms in total. The maximum absolute atomic E-state index is 17.4. The molecule has 0 N–H and O–H groups in total. The number of hydrogen-bond acceptors (Lipinski definition) is 3. The SMILES string of the molecule is C#Cc1cccc(-c2cc(=O)n(C)c3ccc([C@](F)(c4ccc(C#N)cc4)c4cncn4C)cc23)c1. The number of nitrogens with zero attached hydrogens (tertiary/aromatic N) is 4. The van der Waals surface area contributed by atoms with Crippen molar-refractivity contribution in [2.24, 2.45) is 14.1 Å². The fourth-order valence-corrected chi connectivity index (χ4v) is 4.62. The molecular weight excluding hydrogens is 451 g/mol. The molecule has 5 rings (SSSR count). The summed E-state index contributed by atoms with van der Waals surface area (Å²) in [5, 5.41) is 9.93. The smallest absolute Gasteiger partial charge is 0.251 e. The van der Waals surface area contributed by atoms with E-state index >= 15 is 4.39 Å². The molecule has 2 aromatic heterocycles. The van der Waals surface area contributed by atoms with Gasteiger partial charge in [0.05, 0.1) is 35.4 Å². The molecular formula is C30H21FN4O. The number of nitriles is 1. The standard InChI is InChI=1S/C30H21FN4O/c1-4-20-6-5-7-22(14-20)25-16-29(36)35(3)27-13-12-24(15-26(25)27)30(31,28-18-33-19-34(28)2)23-10-8-21(17-32)9-11-23/h1,5-16,18-19H,2-3H3/t30-/m1/s1. The van der Waals surface area contributed by atoms with Crippen molar-refractivity contribution in [1.82, 2.24) is 14.1 Å². The van der Waals surface area contributed by atoms with Crippen LogP contribution < -0.4 is 5.56 Å². The van der Waals surface area contributed by atoms with Gasteiger partial charge in [-0.05, 0) is 53.1 Å². The molecule has 0 saturated carbocycles. The van der Waals surface area contributed by atoms with Gasteiger partial charge in [-0.2, -0.15) is 5.26 Å². The van der Waals surface area contributed by atoms with Gasteiger partial charge in [0.15, 0.2) is 0 Å². The van der Waals surface area contributed by atoms with Gasteiger partial charge in [0.1, 0.15) is 0 Å². The molecule has 36 heavy (non-hydrogen) atoms. The highest BCUT2D eigenvalue weighted by Gasteiger charge is 2.39. The average Bonchev–Trinajstić information content (AvgIpc) is 3.36. The van der Waals surface area contributed by atoms with Gasteiger partial charge < -0.3 is 9.13 Å². The number of pyridine rings is 1. The van der Waals surface area contributed by atoms with Crippen molar-refractivity contribution in [3.8, 4) is 29.5 Å². The molecule has 0 fully saturated rings. The second-order valence-electron chi connectivity index (χ2n) is 8.65. The molecule has 0 saturated heterocycles. The maximum atomic E-state index is 17.4. The first-order valence-corrected chi connectivity index (χ1v) is 11.2. The van der Waals surface area contributed by atoms with Crippen LogP contribution >= 0.6 is 0 Å². The molecule has 0 bridgehead atoms. The number of rotatable bonds is 4. The molecule has 2 heterocycles. The number of halogens is 1. The third kappa shape index (κ3) is 3.57. The zero-order valence-electron chi connectivity index (χ0n) is 19.7. The van der Waals surface area contributed by atoms with Crippen molar-refractivity contribution in [1.29, 1.82) is 5.26 Å². The number of imidazole rings is 1. The van der Waals surface area contributed by atoms with E-state index in [0.717, 1.165) is 5.56 Å². The van der Waals surface area contributed by atoms with E-state index in [1.807, 2.05) is 24.3 Å². The van der Waals surface area contributed by atoms with Crippen LogP contribution in [0, 0.1) is 23.7 Å². The first-order valence-electron chi connectivity index (χ1n) is 11.2. The number of aryl methyl sites for hydroxylation is 2. The summed E-state index contributed by atoms with van der Waals surface area (Å²) in [6, 6.07) is 22.7. The number of hydrogen-bond donors (Lipinski definition) is 0. The van der Waals surface area contributed by atoms with E-state index in [0.29, 0.717) is 44.4 Å². The van der Waals surface area contributed by atoms with Crippen molar-refractivity contribution in [2.45, 2.75) is 5.67 Å². The minimum Gasteiger partial charge on any atom is -0.334 e. The van der Waals surface area contributed by atoms with Gasteiger partial charge in [-0.3, -0.25) is 4.79 Å². The minimum absolute atomic E-state index is 0.179. The van der Waals surface area contributed by atoms with Crippen molar-refractivity contribution in [2.75, 3.05) is 0 Å². The van der Waals surface area contributed by atoms with E-state index in [2.05, 4.69) is 17.0 Å². The lowest BCUT2D eigenvalue weighted by Gasteiger charge is -2.28. The molecule has 0 aliphatic rings. The molecule has 0 aliphatic heterocycles. The molecule has 0 amide bonds. The predicted octanol–water partition coefficient (Wildman–Crippen LogP) is 5.05. The van der Waals surface area contributed by atoms with Gasteiger partial charge >= 0.3 is 0 Å². The fraction of sp³-hybridized carbons (Fsp3) is 0.100. The van der Waals surface area contributed by atoms with Crippen LogP contribution in [-0.2, 0) is 19.8 Å². The number of benzene rings is 3. The Bertz CT molecular complexity index is 1770. The second kappa shape index (κ2) is 8.69. The summed E-state index contributed by atoms with van der Waals surface area (Å²) in [4.78, 5) is 16.9. The van der Waals surface area contributed by atoms with Crippen LogP contribution in [0.1, 0.15) is 27.9 Å². The highest BCUT2D eigenvalue weighted by Crippen LogP contribution is 2.42. The fourth-order valence-electron chi connectivity index (χ4n) is 4.62. The molecule has 0 unspecified atom stereocenters. The van der Waals surface area contributed by atoms with Gasteiger partial charge in [0.25, 0.3) is 5.56 Å². The minimum atomic E-state index is -2.07. The summed E-state index contributed by atoms with van der Waals surface area (Å²) in [6.45, 7) is 0. The molecule has 174 valence electrons. The highest BCUT2D eigenvalue weighted by molar-refractivity contribution is 5.95. The van der Waals surface area contributed by atoms with Gasteiger partial charge in [0, 0.05) is 36.7 Å². The van der Waals surface area contributed by atoms with Crippen LogP contribution in [0.5, 0.6) is 0 Å². The number of alkyl halides is 1. The van der Waals surface area contributed by atoms with E-state index < -0.39 is 5.67 Å². The lowest BCUT2D eigenvalue weighted by Crippen LogP contribution is -2.26. The van der Waals surface area contributed by atoms with Crippen molar-refractivity contribution in [3.63, 3.8) is 0 Å². The van der Waals surface area contributed by atoms with Gasteiger partial charge in [-0.1, -0.05) is 36.3 Å². The highest BCUT2D eigenvalue weighted by atomic mass is 19.1. The van der Waals surface area contributed by atoms with Crippen molar-refractivity contribution >= 4 is 10.9 Å². The van der Waals surface area contributed by atoms with Gasteiger partial charge in [0.2, 0.25) is 5.67 Å². The Morgan fingerprint density at radius 1 is 0.972 bits per heavy atom. The third-order valence-corrected chi connectivity index (χ3v) is 6.57. The molecule has 5 aromatic rings. The topological polar surface area (TPSA) is 63.6 Å². The summed E-state index contributed by atoms with van der Waals surface area (Å²) in [7, 11) is 3.43. The van der Waals surface area contributed by atoms with Crippen LogP contribution in [0.2, 0.25) is 0 Å².